The molecule has 1 aromatic rings. The summed E-state index contributed by atoms with van der Waals surface area (Å²) in [5, 5.41) is 0. The van der Waals surface area contributed by atoms with Crippen molar-refractivity contribution in [3.05, 3.63) is 42.5 Å². The number of nitrogens with one attached hydrogen (secondary N) is 1. The van der Waals surface area contributed by atoms with Crippen LogP contribution in [0.3, 0.4) is 0 Å². The molecule has 4 heteroatoms. The highest BCUT2D eigenvalue weighted by atomic mass is 32.2. The highest BCUT2D eigenvalue weighted by Crippen LogP contribution is 2.34. The van der Waals surface area contributed by atoms with Crippen molar-refractivity contribution in [2.45, 2.75) is 57.8 Å². The van der Waals surface area contributed by atoms with E-state index >= 15 is 0 Å². The number of sulfonamides is 1. The van der Waals surface area contributed by atoms with E-state index in [9.17, 15) is 8.42 Å². The molecule has 0 aromatic heterocycles. The number of rotatable bonds is 10. The van der Waals surface area contributed by atoms with Crippen LogP contribution in [-0.4, -0.2) is 15.0 Å². The van der Waals surface area contributed by atoms with Crippen LogP contribution >= 0.6 is 0 Å². The maximum atomic E-state index is 12.5. The minimum Gasteiger partial charge on any atom is -0.211 e. The summed E-state index contributed by atoms with van der Waals surface area (Å²) in [5.74, 6) is 0. The zero-order chi connectivity index (χ0) is 16.6. The molecule has 0 aliphatic heterocycles. The second-order valence-corrected chi connectivity index (χ2v) is 7.90. The first-order valence-corrected chi connectivity index (χ1v) is 9.54. The Bertz CT molecular complexity index is 555. The second-order valence-electron chi connectivity index (χ2n) is 6.13. The molecule has 0 saturated heterocycles. The van der Waals surface area contributed by atoms with Crippen LogP contribution < -0.4 is 4.72 Å². The lowest BCUT2D eigenvalue weighted by molar-refractivity contribution is 0.239. The molecular weight excluding hydrogens is 294 g/mol. The van der Waals surface area contributed by atoms with Crippen LogP contribution in [0.25, 0.3) is 0 Å². The maximum absolute atomic E-state index is 12.5. The fourth-order valence-electron chi connectivity index (χ4n) is 2.99. The summed E-state index contributed by atoms with van der Waals surface area (Å²) < 4.78 is 27.7. The van der Waals surface area contributed by atoms with Crippen LogP contribution in [0.5, 0.6) is 0 Å². The molecule has 0 aliphatic carbocycles. The molecule has 1 N–H and O–H groups in total. The lowest BCUT2D eigenvalue weighted by Crippen LogP contribution is -2.37. The summed E-state index contributed by atoms with van der Waals surface area (Å²) in [4.78, 5) is 0.332. The normalized spacial score (nSPS) is 12.3. The molecule has 0 fully saturated rings. The Morgan fingerprint density at radius 1 is 1.14 bits per heavy atom. The first kappa shape index (κ1) is 18.9. The predicted octanol–water partition coefficient (Wildman–Crippen LogP) is 4.44. The summed E-state index contributed by atoms with van der Waals surface area (Å²) in [7, 11) is -3.45. The van der Waals surface area contributed by atoms with E-state index in [1.165, 1.54) is 0 Å². The zero-order valence-electron chi connectivity index (χ0n) is 14.1. The van der Waals surface area contributed by atoms with Crippen molar-refractivity contribution in [2.75, 3.05) is 6.54 Å². The van der Waals surface area contributed by atoms with Crippen molar-refractivity contribution in [3.63, 3.8) is 0 Å². The SMILES string of the molecule is C=CCC(CCC)(CCC)CNS(=O)(=O)c1ccc(C)cc1. The van der Waals surface area contributed by atoms with Crippen LogP contribution in [-0.2, 0) is 10.0 Å². The molecule has 3 nitrogen and oxygen atoms in total. The largest absolute Gasteiger partial charge is 0.240 e. The first-order valence-electron chi connectivity index (χ1n) is 8.06. The minimum absolute atomic E-state index is 0.0248. The molecule has 1 rings (SSSR count). The number of hydrogen-bond acceptors (Lipinski definition) is 2. The summed E-state index contributed by atoms with van der Waals surface area (Å²) in [5.41, 5.74) is 1.03. The average Bonchev–Trinajstić information content (AvgIpc) is 2.47. The van der Waals surface area contributed by atoms with Crippen molar-refractivity contribution in [1.82, 2.24) is 4.72 Å². The van der Waals surface area contributed by atoms with Gasteiger partial charge in [-0.1, -0.05) is 50.5 Å². The van der Waals surface area contributed by atoms with Crippen molar-refractivity contribution in [2.24, 2.45) is 5.41 Å². The summed E-state index contributed by atoms with van der Waals surface area (Å²) in [6, 6.07) is 6.96. The third-order valence-corrected chi connectivity index (χ3v) is 5.52. The fraction of sp³-hybridized carbons (Fsp3) is 0.556. The maximum Gasteiger partial charge on any atom is 0.240 e. The van der Waals surface area contributed by atoms with Crippen molar-refractivity contribution in [1.29, 1.82) is 0 Å². The highest BCUT2D eigenvalue weighted by molar-refractivity contribution is 7.89. The summed E-state index contributed by atoms with van der Waals surface area (Å²) >= 11 is 0. The lowest BCUT2D eigenvalue weighted by atomic mass is 9.76. The molecule has 124 valence electrons. The molecule has 0 amide bonds. The average molecular weight is 324 g/mol. The van der Waals surface area contributed by atoms with E-state index in [2.05, 4.69) is 25.1 Å². The molecule has 0 unspecified atom stereocenters. The van der Waals surface area contributed by atoms with Gasteiger partial charge in [0.1, 0.15) is 0 Å². The van der Waals surface area contributed by atoms with Gasteiger partial charge >= 0.3 is 0 Å². The second kappa shape index (κ2) is 8.49. The Hall–Kier alpha value is -1.13. The number of aryl methyl sites for hydroxylation is 1. The van der Waals surface area contributed by atoms with Gasteiger partial charge < -0.3 is 0 Å². The van der Waals surface area contributed by atoms with Gasteiger partial charge in [-0.25, -0.2) is 13.1 Å². The van der Waals surface area contributed by atoms with Gasteiger partial charge in [-0.3, -0.25) is 0 Å². The zero-order valence-corrected chi connectivity index (χ0v) is 14.9. The van der Waals surface area contributed by atoms with E-state index < -0.39 is 10.0 Å². The van der Waals surface area contributed by atoms with Crippen LogP contribution in [0.4, 0.5) is 0 Å². The third kappa shape index (κ3) is 5.25. The van der Waals surface area contributed by atoms with Gasteiger partial charge in [0.15, 0.2) is 0 Å². The Kier molecular flexibility index (Phi) is 7.30. The molecule has 0 radical (unpaired) electrons. The molecule has 22 heavy (non-hydrogen) atoms. The van der Waals surface area contributed by atoms with Crippen molar-refractivity contribution < 1.29 is 8.42 Å². The van der Waals surface area contributed by atoms with Gasteiger partial charge in [0, 0.05) is 6.54 Å². The lowest BCUT2D eigenvalue weighted by Gasteiger charge is -2.33. The Morgan fingerprint density at radius 2 is 1.68 bits per heavy atom. The van der Waals surface area contributed by atoms with Crippen LogP contribution in [0, 0.1) is 12.3 Å². The van der Waals surface area contributed by atoms with E-state index in [1.807, 2.05) is 25.1 Å². The Balaban J connectivity index is 2.90. The van der Waals surface area contributed by atoms with Gasteiger partial charge in [-0.05, 0) is 43.7 Å². The van der Waals surface area contributed by atoms with E-state index in [0.717, 1.165) is 37.7 Å². The first-order chi connectivity index (χ1) is 10.4. The van der Waals surface area contributed by atoms with Gasteiger partial charge in [-0.15, -0.1) is 6.58 Å². The number of hydrogen-bond donors (Lipinski definition) is 1. The molecule has 0 bridgehead atoms. The molecular formula is C18H29NO2S. The summed E-state index contributed by atoms with van der Waals surface area (Å²) in [6.45, 7) is 10.5. The fourth-order valence-corrected chi connectivity index (χ4v) is 4.15. The number of benzene rings is 1. The Labute approximate surface area is 135 Å². The monoisotopic (exact) mass is 323 g/mol. The highest BCUT2D eigenvalue weighted by Gasteiger charge is 2.29. The van der Waals surface area contributed by atoms with E-state index in [0.29, 0.717) is 11.4 Å². The van der Waals surface area contributed by atoms with Gasteiger partial charge in [0.25, 0.3) is 0 Å². The van der Waals surface area contributed by atoms with Crippen LogP contribution in [0.1, 0.15) is 51.5 Å². The molecule has 0 saturated carbocycles. The van der Waals surface area contributed by atoms with Crippen LogP contribution in [0.2, 0.25) is 0 Å². The van der Waals surface area contributed by atoms with Crippen molar-refractivity contribution >= 4 is 10.0 Å². The molecule has 0 heterocycles. The predicted molar refractivity (Wildman–Crippen MR) is 93.4 cm³/mol. The smallest absolute Gasteiger partial charge is 0.211 e. The molecule has 0 aliphatic rings. The summed E-state index contributed by atoms with van der Waals surface area (Å²) in [6.07, 6.45) is 6.84. The van der Waals surface area contributed by atoms with Gasteiger partial charge in [0.05, 0.1) is 4.90 Å². The minimum atomic E-state index is -3.45. The standard InChI is InChI=1S/C18H29NO2S/c1-5-12-18(13-6-2,14-7-3)15-19-22(20,21)17-10-8-16(4)9-11-17/h5,8-11,19H,1,6-7,12-15H2,2-4H3. The Morgan fingerprint density at radius 3 is 2.14 bits per heavy atom. The quantitative estimate of drug-likeness (QED) is 0.647. The topological polar surface area (TPSA) is 46.2 Å². The van der Waals surface area contributed by atoms with E-state index in [-0.39, 0.29) is 5.41 Å². The third-order valence-electron chi connectivity index (χ3n) is 4.11. The molecule has 0 spiro atoms. The van der Waals surface area contributed by atoms with Crippen LogP contribution in [0.15, 0.2) is 41.8 Å². The van der Waals surface area contributed by atoms with E-state index in [4.69, 9.17) is 0 Å². The van der Waals surface area contributed by atoms with Gasteiger partial charge in [0.2, 0.25) is 10.0 Å². The molecule has 1 aromatic carbocycles. The van der Waals surface area contributed by atoms with E-state index in [1.54, 1.807) is 12.1 Å². The molecule has 0 atom stereocenters. The van der Waals surface area contributed by atoms with Gasteiger partial charge in [-0.2, -0.15) is 0 Å². The van der Waals surface area contributed by atoms with Crippen molar-refractivity contribution in [3.8, 4) is 0 Å². The number of allylic oxidation sites excluding steroid dienone is 1.